The van der Waals surface area contributed by atoms with Gasteiger partial charge in [0.2, 0.25) is 0 Å². The van der Waals surface area contributed by atoms with Gasteiger partial charge in [0.1, 0.15) is 0 Å². The zero-order valence-corrected chi connectivity index (χ0v) is 12.8. The Balaban J connectivity index is 2.01. The van der Waals surface area contributed by atoms with Crippen molar-refractivity contribution in [2.45, 2.75) is 65.3 Å². The largest absolute Gasteiger partial charge is 0.314 e. The predicted octanol–water partition coefficient (Wildman–Crippen LogP) is 4.40. The Morgan fingerprint density at radius 3 is 2.42 bits per heavy atom. The normalized spacial score (nSPS) is 23.5. The summed E-state index contributed by atoms with van der Waals surface area (Å²) in [5.74, 6) is 0.835. The third-order valence-corrected chi connectivity index (χ3v) is 4.34. The van der Waals surface area contributed by atoms with Crippen LogP contribution in [0.2, 0.25) is 0 Å². The molecule has 0 aromatic heterocycles. The number of hydrogen-bond donors (Lipinski definition) is 1. The third kappa shape index (κ3) is 4.35. The number of hydrogen-bond acceptors (Lipinski definition) is 1. The van der Waals surface area contributed by atoms with Crippen LogP contribution < -0.4 is 5.32 Å². The molecule has 1 aromatic carbocycles. The smallest absolute Gasteiger partial charge is 0.00984 e. The zero-order chi connectivity index (χ0) is 13.7. The number of rotatable bonds is 5. The molecule has 0 saturated heterocycles. The van der Waals surface area contributed by atoms with E-state index in [9.17, 15) is 0 Å². The van der Waals surface area contributed by atoms with E-state index < -0.39 is 0 Å². The minimum absolute atomic E-state index is 0.745. The van der Waals surface area contributed by atoms with Crippen molar-refractivity contribution in [2.75, 3.05) is 6.54 Å². The molecule has 1 fully saturated rings. The summed E-state index contributed by atoms with van der Waals surface area (Å²) in [6.45, 7) is 7.86. The molecule has 1 N–H and O–H groups in total. The van der Waals surface area contributed by atoms with Gasteiger partial charge in [-0.05, 0) is 57.6 Å². The van der Waals surface area contributed by atoms with Crippen molar-refractivity contribution in [3.8, 4) is 0 Å². The molecule has 1 aliphatic rings. The second kappa shape index (κ2) is 7.09. The molecule has 1 saturated carbocycles. The van der Waals surface area contributed by atoms with E-state index in [1.54, 1.807) is 0 Å². The maximum absolute atomic E-state index is 3.77. The van der Waals surface area contributed by atoms with Crippen molar-refractivity contribution >= 4 is 0 Å². The van der Waals surface area contributed by atoms with Crippen LogP contribution >= 0.6 is 0 Å². The summed E-state index contributed by atoms with van der Waals surface area (Å²) in [5.41, 5.74) is 4.35. The molecular formula is C18H29N. The van der Waals surface area contributed by atoms with Gasteiger partial charge in [0.15, 0.2) is 0 Å². The van der Waals surface area contributed by atoms with Crippen molar-refractivity contribution < 1.29 is 0 Å². The standard InChI is InChI=1S/C18H29N/c1-4-9-19-18-8-6-5-7-17(18)13-16-11-14(2)10-15(3)12-16/h10-12,17-19H,4-9,13H2,1-3H3. The highest BCUT2D eigenvalue weighted by Crippen LogP contribution is 2.28. The monoisotopic (exact) mass is 259 g/mol. The first kappa shape index (κ1) is 14.6. The third-order valence-electron chi connectivity index (χ3n) is 4.34. The molecule has 1 nitrogen and oxygen atoms in total. The van der Waals surface area contributed by atoms with Gasteiger partial charge in [-0.2, -0.15) is 0 Å². The van der Waals surface area contributed by atoms with Gasteiger partial charge in [0.25, 0.3) is 0 Å². The first-order chi connectivity index (χ1) is 9.19. The van der Waals surface area contributed by atoms with Gasteiger partial charge in [-0.3, -0.25) is 0 Å². The molecule has 0 bridgehead atoms. The lowest BCUT2D eigenvalue weighted by molar-refractivity contribution is 0.261. The fraction of sp³-hybridized carbons (Fsp3) is 0.667. The van der Waals surface area contributed by atoms with Crippen LogP contribution in [-0.2, 0) is 6.42 Å². The highest BCUT2D eigenvalue weighted by molar-refractivity contribution is 5.29. The lowest BCUT2D eigenvalue weighted by Gasteiger charge is -2.32. The maximum Gasteiger partial charge on any atom is 0.00984 e. The molecule has 1 aromatic rings. The van der Waals surface area contributed by atoms with Crippen molar-refractivity contribution in [3.05, 3.63) is 34.9 Å². The topological polar surface area (TPSA) is 12.0 Å². The van der Waals surface area contributed by atoms with E-state index in [2.05, 4.69) is 44.3 Å². The average Bonchev–Trinajstić information content (AvgIpc) is 2.36. The molecule has 0 amide bonds. The highest BCUT2D eigenvalue weighted by atomic mass is 14.9. The molecule has 0 spiro atoms. The van der Waals surface area contributed by atoms with E-state index in [1.807, 2.05) is 0 Å². The van der Waals surface area contributed by atoms with Gasteiger partial charge in [0, 0.05) is 6.04 Å². The van der Waals surface area contributed by atoms with Crippen molar-refractivity contribution in [1.82, 2.24) is 5.32 Å². The molecular weight excluding hydrogens is 230 g/mol. The lowest BCUT2D eigenvalue weighted by Crippen LogP contribution is -2.39. The number of benzene rings is 1. The van der Waals surface area contributed by atoms with Gasteiger partial charge in [-0.25, -0.2) is 0 Å². The molecule has 2 unspecified atom stereocenters. The van der Waals surface area contributed by atoms with Crippen LogP contribution in [-0.4, -0.2) is 12.6 Å². The van der Waals surface area contributed by atoms with E-state index in [4.69, 9.17) is 0 Å². The fourth-order valence-electron chi connectivity index (χ4n) is 3.54. The first-order valence-corrected chi connectivity index (χ1v) is 7.99. The van der Waals surface area contributed by atoms with E-state index in [-0.39, 0.29) is 0 Å². The molecule has 2 atom stereocenters. The maximum atomic E-state index is 3.77. The van der Waals surface area contributed by atoms with Gasteiger partial charge in [0.05, 0.1) is 0 Å². The van der Waals surface area contributed by atoms with Crippen LogP contribution in [0.4, 0.5) is 0 Å². The summed E-state index contributed by atoms with van der Waals surface area (Å²) in [6.07, 6.45) is 8.09. The summed E-state index contributed by atoms with van der Waals surface area (Å²) in [7, 11) is 0. The van der Waals surface area contributed by atoms with E-state index in [1.165, 1.54) is 61.8 Å². The summed E-state index contributed by atoms with van der Waals surface area (Å²) in [5, 5.41) is 3.77. The summed E-state index contributed by atoms with van der Waals surface area (Å²) >= 11 is 0. The van der Waals surface area contributed by atoms with Crippen LogP contribution in [0, 0.1) is 19.8 Å². The Labute approximate surface area is 118 Å². The van der Waals surface area contributed by atoms with Crippen LogP contribution in [0.3, 0.4) is 0 Å². The summed E-state index contributed by atoms with van der Waals surface area (Å²) in [6, 6.07) is 7.77. The summed E-state index contributed by atoms with van der Waals surface area (Å²) < 4.78 is 0. The molecule has 0 heterocycles. The Bertz CT molecular complexity index is 376. The molecule has 2 rings (SSSR count). The number of nitrogens with one attached hydrogen (secondary N) is 1. The van der Waals surface area contributed by atoms with Crippen molar-refractivity contribution in [3.63, 3.8) is 0 Å². The highest BCUT2D eigenvalue weighted by Gasteiger charge is 2.24. The Kier molecular flexibility index (Phi) is 5.45. The second-order valence-electron chi connectivity index (χ2n) is 6.31. The number of aryl methyl sites for hydroxylation is 2. The molecule has 1 heteroatoms. The minimum Gasteiger partial charge on any atom is -0.314 e. The fourth-order valence-corrected chi connectivity index (χ4v) is 3.54. The second-order valence-corrected chi connectivity index (χ2v) is 6.31. The van der Waals surface area contributed by atoms with Gasteiger partial charge in [-0.1, -0.05) is 49.1 Å². The Morgan fingerprint density at radius 2 is 1.74 bits per heavy atom. The van der Waals surface area contributed by atoms with Crippen molar-refractivity contribution in [2.24, 2.45) is 5.92 Å². The Hall–Kier alpha value is -0.820. The SMILES string of the molecule is CCCNC1CCCCC1Cc1cc(C)cc(C)c1. The van der Waals surface area contributed by atoms with E-state index in [0.717, 1.165) is 12.0 Å². The van der Waals surface area contributed by atoms with Gasteiger partial charge in [-0.15, -0.1) is 0 Å². The molecule has 106 valence electrons. The molecule has 19 heavy (non-hydrogen) atoms. The molecule has 0 aliphatic heterocycles. The van der Waals surface area contributed by atoms with Crippen molar-refractivity contribution in [1.29, 1.82) is 0 Å². The van der Waals surface area contributed by atoms with Crippen LogP contribution in [0.25, 0.3) is 0 Å². The van der Waals surface area contributed by atoms with Crippen LogP contribution in [0.15, 0.2) is 18.2 Å². The molecule has 0 radical (unpaired) electrons. The molecule has 1 aliphatic carbocycles. The van der Waals surface area contributed by atoms with Crippen LogP contribution in [0.5, 0.6) is 0 Å². The quantitative estimate of drug-likeness (QED) is 0.826. The Morgan fingerprint density at radius 1 is 1.05 bits per heavy atom. The lowest BCUT2D eigenvalue weighted by atomic mass is 9.80. The summed E-state index contributed by atoms with van der Waals surface area (Å²) in [4.78, 5) is 0. The first-order valence-electron chi connectivity index (χ1n) is 7.99. The predicted molar refractivity (Wildman–Crippen MR) is 83.7 cm³/mol. The van der Waals surface area contributed by atoms with Gasteiger partial charge >= 0.3 is 0 Å². The minimum atomic E-state index is 0.745. The zero-order valence-electron chi connectivity index (χ0n) is 12.8. The average molecular weight is 259 g/mol. The van der Waals surface area contributed by atoms with E-state index in [0.29, 0.717) is 0 Å². The van der Waals surface area contributed by atoms with Gasteiger partial charge < -0.3 is 5.32 Å². The van der Waals surface area contributed by atoms with Crippen LogP contribution in [0.1, 0.15) is 55.7 Å². The van der Waals surface area contributed by atoms with E-state index >= 15 is 0 Å².